The second-order valence-corrected chi connectivity index (χ2v) is 6.82. The maximum Gasteiger partial charge on any atom is 0.243 e. The van der Waals surface area contributed by atoms with E-state index in [2.05, 4.69) is 15.9 Å². The van der Waals surface area contributed by atoms with E-state index >= 15 is 0 Å². The Hall–Kier alpha value is -0.430. The summed E-state index contributed by atoms with van der Waals surface area (Å²) in [6.07, 6.45) is 0.770. The smallest absolute Gasteiger partial charge is 0.243 e. The summed E-state index contributed by atoms with van der Waals surface area (Å²) in [6.45, 7) is 0.964. The number of sulfonamides is 1. The van der Waals surface area contributed by atoms with Gasteiger partial charge in [-0.2, -0.15) is 4.31 Å². The SMILES string of the molecule is CO[C@@H]1CCN(S(=O)(=O)c2ccc(Br)cc2)C1. The van der Waals surface area contributed by atoms with Crippen LogP contribution in [0.2, 0.25) is 0 Å². The van der Waals surface area contributed by atoms with E-state index in [-0.39, 0.29) is 6.10 Å². The Balaban J connectivity index is 2.22. The molecule has 1 heterocycles. The Morgan fingerprint density at radius 1 is 1.35 bits per heavy atom. The summed E-state index contributed by atoms with van der Waals surface area (Å²) in [5.41, 5.74) is 0. The predicted molar refractivity (Wildman–Crippen MR) is 68.3 cm³/mol. The predicted octanol–water partition coefficient (Wildman–Crippen LogP) is 1.86. The van der Waals surface area contributed by atoms with Crippen molar-refractivity contribution in [3.63, 3.8) is 0 Å². The molecule has 1 aliphatic rings. The summed E-state index contributed by atoms with van der Waals surface area (Å²) in [5.74, 6) is 0. The van der Waals surface area contributed by atoms with Crippen LogP contribution < -0.4 is 0 Å². The molecule has 1 aromatic rings. The Morgan fingerprint density at radius 2 is 2.00 bits per heavy atom. The highest BCUT2D eigenvalue weighted by Gasteiger charge is 2.32. The number of benzene rings is 1. The Morgan fingerprint density at radius 3 is 2.53 bits per heavy atom. The second-order valence-electron chi connectivity index (χ2n) is 3.96. The van der Waals surface area contributed by atoms with Crippen molar-refractivity contribution in [1.29, 1.82) is 0 Å². The van der Waals surface area contributed by atoms with Gasteiger partial charge in [-0.05, 0) is 30.7 Å². The van der Waals surface area contributed by atoms with Crippen LogP contribution in [0.3, 0.4) is 0 Å². The Labute approximate surface area is 110 Å². The molecule has 0 bridgehead atoms. The largest absolute Gasteiger partial charge is 0.380 e. The van der Waals surface area contributed by atoms with E-state index < -0.39 is 10.0 Å². The number of hydrogen-bond acceptors (Lipinski definition) is 3. The van der Waals surface area contributed by atoms with Crippen LogP contribution >= 0.6 is 15.9 Å². The van der Waals surface area contributed by atoms with Crippen molar-refractivity contribution in [2.45, 2.75) is 17.4 Å². The van der Waals surface area contributed by atoms with Crippen LogP contribution in [-0.2, 0) is 14.8 Å². The molecule has 17 heavy (non-hydrogen) atoms. The first-order chi connectivity index (χ1) is 8.04. The van der Waals surface area contributed by atoms with Crippen LogP contribution in [0.15, 0.2) is 33.6 Å². The summed E-state index contributed by atoms with van der Waals surface area (Å²) >= 11 is 3.29. The van der Waals surface area contributed by atoms with Gasteiger partial charge in [0.2, 0.25) is 10.0 Å². The van der Waals surface area contributed by atoms with Gasteiger partial charge in [0, 0.05) is 24.7 Å². The van der Waals surface area contributed by atoms with Gasteiger partial charge in [0.05, 0.1) is 11.0 Å². The zero-order valence-electron chi connectivity index (χ0n) is 9.47. The Bertz CT molecular complexity index is 486. The first-order valence-electron chi connectivity index (χ1n) is 5.32. The number of halogens is 1. The number of ether oxygens (including phenoxy) is 1. The fourth-order valence-corrected chi connectivity index (χ4v) is 3.61. The van der Waals surface area contributed by atoms with Crippen molar-refractivity contribution in [2.24, 2.45) is 0 Å². The van der Waals surface area contributed by atoms with Gasteiger partial charge >= 0.3 is 0 Å². The van der Waals surface area contributed by atoms with Crippen LogP contribution in [0, 0.1) is 0 Å². The fourth-order valence-electron chi connectivity index (χ4n) is 1.86. The minimum atomic E-state index is -3.37. The molecule has 0 N–H and O–H groups in total. The van der Waals surface area contributed by atoms with Gasteiger partial charge in [-0.3, -0.25) is 0 Å². The lowest BCUT2D eigenvalue weighted by Crippen LogP contribution is -2.30. The summed E-state index contributed by atoms with van der Waals surface area (Å²) < 4.78 is 32.0. The molecule has 1 saturated heterocycles. The third kappa shape index (κ3) is 2.70. The molecule has 0 aliphatic carbocycles. The molecule has 1 fully saturated rings. The standard InChI is InChI=1S/C11H14BrNO3S/c1-16-10-6-7-13(8-10)17(14,15)11-4-2-9(12)3-5-11/h2-5,10H,6-8H2,1H3/t10-/m1/s1. The molecule has 0 spiro atoms. The number of nitrogens with zero attached hydrogens (tertiary/aromatic N) is 1. The van der Waals surface area contributed by atoms with Gasteiger partial charge < -0.3 is 4.74 Å². The molecule has 0 amide bonds. The van der Waals surface area contributed by atoms with Gasteiger partial charge in [0.15, 0.2) is 0 Å². The molecule has 0 saturated carbocycles. The fraction of sp³-hybridized carbons (Fsp3) is 0.455. The molecule has 94 valence electrons. The summed E-state index contributed by atoms with van der Waals surface area (Å²) in [4.78, 5) is 0.331. The topological polar surface area (TPSA) is 46.6 Å². The van der Waals surface area contributed by atoms with E-state index in [0.29, 0.717) is 18.0 Å². The molecule has 6 heteroatoms. The molecule has 0 unspecified atom stereocenters. The van der Waals surface area contributed by atoms with E-state index in [9.17, 15) is 8.42 Å². The van der Waals surface area contributed by atoms with E-state index in [1.54, 1.807) is 31.4 Å². The highest BCUT2D eigenvalue weighted by Crippen LogP contribution is 2.23. The molecule has 1 aromatic carbocycles. The van der Waals surface area contributed by atoms with Gasteiger partial charge in [0.1, 0.15) is 0 Å². The second kappa shape index (κ2) is 5.06. The Kier molecular flexibility index (Phi) is 3.87. The monoisotopic (exact) mass is 319 g/mol. The van der Waals surface area contributed by atoms with E-state index in [1.165, 1.54) is 4.31 Å². The highest BCUT2D eigenvalue weighted by molar-refractivity contribution is 9.10. The molecule has 2 rings (SSSR count). The summed E-state index contributed by atoms with van der Waals surface area (Å²) in [6, 6.07) is 6.69. The maximum atomic E-state index is 12.3. The summed E-state index contributed by atoms with van der Waals surface area (Å²) in [5, 5.41) is 0. The molecule has 0 aromatic heterocycles. The zero-order chi connectivity index (χ0) is 12.5. The quantitative estimate of drug-likeness (QED) is 0.854. The van der Waals surface area contributed by atoms with Crippen molar-refractivity contribution in [2.75, 3.05) is 20.2 Å². The van der Waals surface area contributed by atoms with Crippen LogP contribution in [0.1, 0.15) is 6.42 Å². The third-order valence-corrected chi connectivity index (χ3v) is 5.30. The molecule has 0 radical (unpaired) electrons. The minimum Gasteiger partial charge on any atom is -0.380 e. The average molecular weight is 320 g/mol. The van der Waals surface area contributed by atoms with Gasteiger partial charge in [-0.1, -0.05) is 15.9 Å². The normalized spacial score (nSPS) is 21.9. The minimum absolute atomic E-state index is 0.0141. The van der Waals surface area contributed by atoms with Gasteiger partial charge in [-0.15, -0.1) is 0 Å². The van der Waals surface area contributed by atoms with Crippen molar-refractivity contribution in [3.05, 3.63) is 28.7 Å². The maximum absolute atomic E-state index is 12.3. The van der Waals surface area contributed by atoms with E-state index in [0.717, 1.165) is 10.9 Å². The van der Waals surface area contributed by atoms with Crippen LogP contribution in [0.5, 0.6) is 0 Å². The zero-order valence-corrected chi connectivity index (χ0v) is 11.9. The number of methoxy groups -OCH3 is 1. The van der Waals surface area contributed by atoms with Crippen LogP contribution in [0.4, 0.5) is 0 Å². The van der Waals surface area contributed by atoms with Crippen molar-refractivity contribution in [1.82, 2.24) is 4.31 Å². The van der Waals surface area contributed by atoms with E-state index in [1.807, 2.05) is 0 Å². The lowest BCUT2D eigenvalue weighted by Gasteiger charge is -2.16. The molecular formula is C11H14BrNO3S. The number of hydrogen-bond donors (Lipinski definition) is 0. The van der Waals surface area contributed by atoms with Crippen molar-refractivity contribution >= 4 is 26.0 Å². The first kappa shape index (κ1) is 13.0. The molecular weight excluding hydrogens is 306 g/mol. The van der Waals surface area contributed by atoms with Gasteiger partial charge in [0.25, 0.3) is 0 Å². The van der Waals surface area contributed by atoms with Gasteiger partial charge in [-0.25, -0.2) is 8.42 Å². The molecule has 1 aliphatic heterocycles. The van der Waals surface area contributed by atoms with Crippen LogP contribution in [-0.4, -0.2) is 39.0 Å². The van der Waals surface area contributed by atoms with Crippen molar-refractivity contribution in [3.8, 4) is 0 Å². The molecule has 4 nitrogen and oxygen atoms in total. The first-order valence-corrected chi connectivity index (χ1v) is 7.56. The van der Waals surface area contributed by atoms with Crippen LogP contribution in [0.25, 0.3) is 0 Å². The van der Waals surface area contributed by atoms with Crippen molar-refractivity contribution < 1.29 is 13.2 Å². The lowest BCUT2D eigenvalue weighted by atomic mass is 10.3. The third-order valence-electron chi connectivity index (χ3n) is 2.89. The number of rotatable bonds is 3. The molecule has 1 atom stereocenters. The van der Waals surface area contributed by atoms with E-state index in [4.69, 9.17) is 4.74 Å². The lowest BCUT2D eigenvalue weighted by molar-refractivity contribution is 0.115. The summed E-state index contributed by atoms with van der Waals surface area (Å²) in [7, 11) is -1.75. The average Bonchev–Trinajstić information content (AvgIpc) is 2.78. The highest BCUT2D eigenvalue weighted by atomic mass is 79.9.